The number of nitrogens with zero attached hydrogens (tertiary/aromatic N) is 2. The predicted octanol–water partition coefficient (Wildman–Crippen LogP) is 4.18. The lowest BCUT2D eigenvalue weighted by molar-refractivity contribution is -0.0976. The molecule has 1 N–H and O–H groups in total. The number of hydrogen-bond donors (Lipinski definition) is 1. The van der Waals surface area contributed by atoms with Crippen molar-refractivity contribution in [3.05, 3.63) is 16.5 Å². The van der Waals surface area contributed by atoms with Crippen LogP contribution in [0.1, 0.15) is 58.3 Å². The summed E-state index contributed by atoms with van der Waals surface area (Å²) in [6, 6.07) is 0.346. The van der Waals surface area contributed by atoms with Crippen molar-refractivity contribution in [2.45, 2.75) is 66.0 Å². The van der Waals surface area contributed by atoms with E-state index in [0.717, 1.165) is 30.2 Å². The molecule has 2 unspecified atom stereocenters. The van der Waals surface area contributed by atoms with Gasteiger partial charge in [-0.1, -0.05) is 39.3 Å². The van der Waals surface area contributed by atoms with Gasteiger partial charge in [-0.05, 0) is 20.3 Å². The molecule has 0 radical (unpaired) electrons. The van der Waals surface area contributed by atoms with Gasteiger partial charge in [0.2, 0.25) is 0 Å². The van der Waals surface area contributed by atoms with Gasteiger partial charge in [-0.2, -0.15) is 0 Å². The Hall–Kier alpha value is -0.870. The molecule has 1 saturated carbocycles. The summed E-state index contributed by atoms with van der Waals surface area (Å²) in [5.74, 6) is 1.90. The van der Waals surface area contributed by atoms with Gasteiger partial charge in [0.15, 0.2) is 0 Å². The molecule has 0 aliphatic heterocycles. The zero-order chi connectivity index (χ0) is 15.8. The van der Waals surface area contributed by atoms with Gasteiger partial charge < -0.3 is 10.1 Å². The van der Waals surface area contributed by atoms with Gasteiger partial charge in [-0.3, -0.25) is 0 Å². The van der Waals surface area contributed by atoms with Crippen molar-refractivity contribution in [1.82, 2.24) is 9.97 Å². The molecule has 1 aromatic heterocycles. The maximum absolute atomic E-state index is 6.24. The van der Waals surface area contributed by atoms with Crippen molar-refractivity contribution < 1.29 is 4.74 Å². The Labute approximate surface area is 132 Å². The Morgan fingerprint density at radius 1 is 1.38 bits per heavy atom. The second-order valence-electron chi connectivity index (χ2n) is 6.70. The van der Waals surface area contributed by atoms with E-state index in [1.165, 1.54) is 0 Å². The van der Waals surface area contributed by atoms with Crippen molar-refractivity contribution in [3.63, 3.8) is 0 Å². The average Bonchev–Trinajstić information content (AvgIpc) is 2.41. The first-order valence-electron chi connectivity index (χ1n) is 7.69. The Kier molecular flexibility index (Phi) is 4.79. The van der Waals surface area contributed by atoms with E-state index in [9.17, 15) is 0 Å². The lowest BCUT2D eigenvalue weighted by Gasteiger charge is -2.52. The standard InChI is InChI=1S/C16H26ClN3O/c1-7-21-12-8-11(16(12,5)6)18-15-10(4)13(17)19-14(20-15)9(2)3/h9,11-12H,7-8H2,1-6H3,(H,18,19,20). The molecule has 0 bridgehead atoms. The highest BCUT2D eigenvalue weighted by atomic mass is 35.5. The summed E-state index contributed by atoms with van der Waals surface area (Å²) in [6.45, 7) is 13.4. The highest BCUT2D eigenvalue weighted by Crippen LogP contribution is 2.44. The van der Waals surface area contributed by atoms with Gasteiger partial charge in [0.25, 0.3) is 0 Å². The molecule has 21 heavy (non-hydrogen) atoms. The SMILES string of the molecule is CCOC1CC(Nc2nc(C(C)C)nc(Cl)c2C)C1(C)C. The van der Waals surface area contributed by atoms with Gasteiger partial charge >= 0.3 is 0 Å². The van der Waals surface area contributed by atoms with E-state index < -0.39 is 0 Å². The van der Waals surface area contributed by atoms with Crippen LogP contribution in [0.25, 0.3) is 0 Å². The van der Waals surface area contributed by atoms with Gasteiger partial charge in [0, 0.05) is 29.5 Å². The monoisotopic (exact) mass is 311 g/mol. The molecule has 2 atom stereocenters. The average molecular weight is 312 g/mol. The first-order chi connectivity index (χ1) is 9.77. The fourth-order valence-corrected chi connectivity index (χ4v) is 2.86. The fraction of sp³-hybridized carbons (Fsp3) is 0.750. The minimum atomic E-state index is 0.0951. The van der Waals surface area contributed by atoms with Crippen molar-refractivity contribution in [3.8, 4) is 0 Å². The molecule has 1 heterocycles. The second-order valence-corrected chi connectivity index (χ2v) is 7.06. The van der Waals surface area contributed by atoms with Crippen molar-refractivity contribution in [2.24, 2.45) is 5.41 Å². The number of anilines is 1. The zero-order valence-corrected chi connectivity index (χ0v) is 14.6. The first-order valence-corrected chi connectivity index (χ1v) is 8.07. The molecule has 1 aliphatic carbocycles. The molecule has 4 nitrogen and oxygen atoms in total. The normalized spacial score (nSPS) is 24.0. The summed E-state index contributed by atoms with van der Waals surface area (Å²) < 4.78 is 5.78. The summed E-state index contributed by atoms with van der Waals surface area (Å²) in [5.41, 5.74) is 1.01. The third kappa shape index (κ3) is 3.16. The molecule has 2 rings (SSSR count). The quantitative estimate of drug-likeness (QED) is 0.829. The van der Waals surface area contributed by atoms with Crippen molar-refractivity contribution >= 4 is 17.4 Å². The van der Waals surface area contributed by atoms with Gasteiger partial charge in [0.1, 0.15) is 16.8 Å². The Morgan fingerprint density at radius 3 is 2.57 bits per heavy atom. The minimum Gasteiger partial charge on any atom is -0.378 e. The van der Waals surface area contributed by atoms with E-state index in [-0.39, 0.29) is 11.3 Å². The van der Waals surface area contributed by atoms with Crippen LogP contribution in [-0.4, -0.2) is 28.7 Å². The van der Waals surface area contributed by atoms with Crippen LogP contribution in [0.15, 0.2) is 0 Å². The number of ether oxygens (including phenoxy) is 1. The van der Waals surface area contributed by atoms with Crippen LogP contribution in [-0.2, 0) is 4.74 Å². The topological polar surface area (TPSA) is 47.0 Å². The van der Waals surface area contributed by atoms with Crippen molar-refractivity contribution in [2.75, 3.05) is 11.9 Å². The molecule has 1 aromatic rings. The van der Waals surface area contributed by atoms with Crippen LogP contribution in [0.2, 0.25) is 5.15 Å². The van der Waals surface area contributed by atoms with Crippen LogP contribution in [0.3, 0.4) is 0 Å². The fourth-order valence-electron chi connectivity index (χ4n) is 2.68. The number of aromatic nitrogens is 2. The summed E-state index contributed by atoms with van der Waals surface area (Å²) in [4.78, 5) is 9.00. The summed E-state index contributed by atoms with van der Waals surface area (Å²) in [7, 11) is 0. The number of rotatable bonds is 5. The zero-order valence-electron chi connectivity index (χ0n) is 13.8. The van der Waals surface area contributed by atoms with Crippen LogP contribution in [0.5, 0.6) is 0 Å². The smallest absolute Gasteiger partial charge is 0.137 e. The highest BCUT2D eigenvalue weighted by molar-refractivity contribution is 6.30. The summed E-state index contributed by atoms with van der Waals surface area (Å²) in [5, 5.41) is 4.08. The first kappa shape index (κ1) is 16.5. The molecular formula is C16H26ClN3O. The van der Waals surface area contributed by atoms with E-state index in [4.69, 9.17) is 16.3 Å². The molecule has 0 amide bonds. The van der Waals surface area contributed by atoms with E-state index >= 15 is 0 Å². The Morgan fingerprint density at radius 2 is 2.05 bits per heavy atom. The summed E-state index contributed by atoms with van der Waals surface area (Å²) >= 11 is 6.24. The minimum absolute atomic E-state index is 0.0951. The second kappa shape index (κ2) is 6.09. The van der Waals surface area contributed by atoms with E-state index in [1.807, 2.05) is 13.8 Å². The molecule has 0 aromatic carbocycles. The molecule has 118 valence electrons. The largest absolute Gasteiger partial charge is 0.378 e. The lowest BCUT2D eigenvalue weighted by atomic mass is 9.64. The molecule has 0 spiro atoms. The molecule has 1 aliphatic rings. The van der Waals surface area contributed by atoms with E-state index in [1.54, 1.807) is 0 Å². The summed E-state index contributed by atoms with van der Waals surface area (Å²) in [6.07, 6.45) is 1.31. The molecular weight excluding hydrogens is 286 g/mol. The van der Waals surface area contributed by atoms with Gasteiger partial charge in [-0.25, -0.2) is 9.97 Å². The van der Waals surface area contributed by atoms with Crippen molar-refractivity contribution in [1.29, 1.82) is 0 Å². The Bertz CT molecular complexity index is 516. The molecule has 1 fully saturated rings. The third-order valence-corrected chi connectivity index (χ3v) is 4.84. The molecule has 5 heteroatoms. The van der Waals surface area contributed by atoms with Gasteiger partial charge in [0.05, 0.1) is 6.10 Å². The van der Waals surface area contributed by atoms with Crippen LogP contribution >= 0.6 is 11.6 Å². The maximum atomic E-state index is 6.24. The number of hydrogen-bond acceptors (Lipinski definition) is 4. The maximum Gasteiger partial charge on any atom is 0.137 e. The highest BCUT2D eigenvalue weighted by Gasteiger charge is 2.49. The number of halogens is 1. The lowest BCUT2D eigenvalue weighted by Crippen LogP contribution is -2.58. The van der Waals surface area contributed by atoms with E-state index in [2.05, 4.69) is 43.0 Å². The van der Waals surface area contributed by atoms with E-state index in [0.29, 0.717) is 17.3 Å². The van der Waals surface area contributed by atoms with Gasteiger partial charge in [-0.15, -0.1) is 0 Å². The molecule has 0 saturated heterocycles. The predicted molar refractivity (Wildman–Crippen MR) is 87.1 cm³/mol. The third-order valence-electron chi connectivity index (χ3n) is 4.48. The van der Waals surface area contributed by atoms with Crippen LogP contribution < -0.4 is 5.32 Å². The van der Waals surface area contributed by atoms with Crippen LogP contribution in [0.4, 0.5) is 5.82 Å². The Balaban J connectivity index is 2.17. The number of nitrogens with one attached hydrogen (secondary N) is 1. The van der Waals surface area contributed by atoms with Crippen LogP contribution in [0, 0.1) is 12.3 Å².